The molecular formula is C16H20N4O. The molecule has 1 aromatic heterocycles. The molecule has 1 aromatic carbocycles. The first-order valence-electron chi connectivity index (χ1n) is 7.38. The van der Waals surface area contributed by atoms with E-state index in [1.807, 2.05) is 30.3 Å². The first kappa shape index (κ1) is 13.9. The fourth-order valence-corrected chi connectivity index (χ4v) is 2.35. The average Bonchev–Trinajstić information content (AvgIpc) is 2.56. The summed E-state index contributed by atoms with van der Waals surface area (Å²) >= 11 is 0. The summed E-state index contributed by atoms with van der Waals surface area (Å²) in [5.74, 6) is 1.97. The zero-order chi connectivity index (χ0) is 14.7. The lowest BCUT2D eigenvalue weighted by Gasteiger charge is -2.29. The van der Waals surface area contributed by atoms with Crippen molar-refractivity contribution in [2.45, 2.75) is 19.8 Å². The van der Waals surface area contributed by atoms with Crippen molar-refractivity contribution in [3.8, 4) is 11.3 Å². The Morgan fingerprint density at radius 2 is 1.76 bits per heavy atom. The van der Waals surface area contributed by atoms with Gasteiger partial charge in [0.25, 0.3) is 0 Å². The monoisotopic (exact) mass is 284 g/mol. The van der Waals surface area contributed by atoms with Gasteiger partial charge in [-0.15, -0.1) is 10.2 Å². The molecule has 0 bridgehead atoms. The van der Waals surface area contributed by atoms with E-state index in [4.69, 9.17) is 9.72 Å². The molecule has 5 nitrogen and oxygen atoms in total. The van der Waals surface area contributed by atoms with Gasteiger partial charge >= 0.3 is 0 Å². The number of hydrogen-bond donors (Lipinski definition) is 0. The van der Waals surface area contributed by atoms with Gasteiger partial charge in [-0.05, 0) is 0 Å². The van der Waals surface area contributed by atoms with E-state index < -0.39 is 0 Å². The van der Waals surface area contributed by atoms with Crippen LogP contribution >= 0.6 is 0 Å². The fraction of sp³-hybridized carbons (Fsp3) is 0.438. The smallest absolute Gasteiger partial charge is 0.159 e. The van der Waals surface area contributed by atoms with Crippen molar-refractivity contribution in [2.75, 3.05) is 31.2 Å². The van der Waals surface area contributed by atoms with Gasteiger partial charge in [-0.25, -0.2) is 4.98 Å². The quantitative estimate of drug-likeness (QED) is 0.866. The topological polar surface area (TPSA) is 51.1 Å². The number of benzene rings is 1. The summed E-state index contributed by atoms with van der Waals surface area (Å²) in [4.78, 5) is 7.01. The average molecular weight is 284 g/mol. The Kier molecular flexibility index (Phi) is 4.10. The van der Waals surface area contributed by atoms with Crippen LogP contribution in [0.1, 0.15) is 25.6 Å². The number of nitrogens with zero attached hydrogens (tertiary/aromatic N) is 4. The summed E-state index contributed by atoms with van der Waals surface area (Å²) in [5.41, 5.74) is 1.90. The van der Waals surface area contributed by atoms with Crippen molar-refractivity contribution in [1.29, 1.82) is 0 Å². The molecule has 0 spiro atoms. The molecule has 1 aliphatic rings. The molecule has 0 amide bonds. The van der Waals surface area contributed by atoms with Gasteiger partial charge in [-0.2, -0.15) is 0 Å². The van der Waals surface area contributed by atoms with Gasteiger partial charge in [0, 0.05) is 24.6 Å². The Hall–Kier alpha value is -2.01. The van der Waals surface area contributed by atoms with Crippen LogP contribution in [-0.2, 0) is 4.74 Å². The van der Waals surface area contributed by atoms with Crippen LogP contribution in [0.25, 0.3) is 11.3 Å². The van der Waals surface area contributed by atoms with E-state index in [0.717, 1.165) is 49.2 Å². The highest BCUT2D eigenvalue weighted by atomic mass is 16.5. The van der Waals surface area contributed by atoms with Gasteiger partial charge in [0.15, 0.2) is 11.6 Å². The summed E-state index contributed by atoms with van der Waals surface area (Å²) < 4.78 is 5.44. The minimum Gasteiger partial charge on any atom is -0.378 e. The number of rotatable bonds is 3. The lowest BCUT2D eigenvalue weighted by molar-refractivity contribution is 0.122. The molecule has 1 saturated heterocycles. The molecule has 0 N–H and O–H groups in total. The maximum Gasteiger partial charge on any atom is 0.159 e. The van der Waals surface area contributed by atoms with Gasteiger partial charge in [0.05, 0.1) is 13.2 Å². The predicted molar refractivity (Wildman–Crippen MR) is 82.4 cm³/mol. The number of hydrogen-bond acceptors (Lipinski definition) is 5. The maximum absolute atomic E-state index is 5.44. The molecule has 1 fully saturated rings. The van der Waals surface area contributed by atoms with Crippen LogP contribution in [0.5, 0.6) is 0 Å². The molecular weight excluding hydrogens is 264 g/mol. The summed E-state index contributed by atoms with van der Waals surface area (Å²) in [7, 11) is 0. The van der Waals surface area contributed by atoms with Crippen molar-refractivity contribution in [3.05, 3.63) is 36.2 Å². The third-order valence-corrected chi connectivity index (χ3v) is 3.56. The summed E-state index contributed by atoms with van der Waals surface area (Å²) in [6, 6.07) is 10.1. The van der Waals surface area contributed by atoms with Crippen molar-refractivity contribution < 1.29 is 4.74 Å². The molecule has 0 atom stereocenters. The highest BCUT2D eigenvalue weighted by Gasteiger charge is 2.20. The molecule has 0 radical (unpaired) electrons. The first-order chi connectivity index (χ1) is 10.3. The Labute approximate surface area is 125 Å². The Balaban J connectivity index is 2.05. The lowest BCUT2D eigenvalue weighted by Crippen LogP contribution is -2.37. The standard InChI is InChI=1S/C16H20N4O/c1-12(2)15-17-16(20-8-10-21-11-9-20)14(18-19-15)13-6-4-3-5-7-13/h3-7,12H,8-11H2,1-2H3. The second kappa shape index (κ2) is 6.18. The summed E-state index contributed by atoms with van der Waals surface area (Å²) in [6.45, 7) is 7.32. The molecule has 110 valence electrons. The third-order valence-electron chi connectivity index (χ3n) is 3.56. The van der Waals surface area contributed by atoms with Gasteiger partial charge in [0.2, 0.25) is 0 Å². The van der Waals surface area contributed by atoms with Gasteiger partial charge in [-0.3, -0.25) is 0 Å². The van der Waals surface area contributed by atoms with Crippen LogP contribution in [0.2, 0.25) is 0 Å². The van der Waals surface area contributed by atoms with Crippen LogP contribution in [0, 0.1) is 0 Å². The lowest BCUT2D eigenvalue weighted by atomic mass is 10.1. The van der Waals surface area contributed by atoms with Crippen molar-refractivity contribution in [3.63, 3.8) is 0 Å². The molecule has 0 saturated carbocycles. The minimum atomic E-state index is 0.266. The number of anilines is 1. The van der Waals surface area contributed by atoms with Crippen molar-refractivity contribution in [1.82, 2.24) is 15.2 Å². The first-order valence-corrected chi connectivity index (χ1v) is 7.38. The van der Waals surface area contributed by atoms with Crippen LogP contribution in [-0.4, -0.2) is 41.5 Å². The number of morpholine rings is 1. The van der Waals surface area contributed by atoms with Gasteiger partial charge in [-0.1, -0.05) is 44.2 Å². The van der Waals surface area contributed by atoms with E-state index in [-0.39, 0.29) is 5.92 Å². The van der Waals surface area contributed by atoms with E-state index in [9.17, 15) is 0 Å². The summed E-state index contributed by atoms with van der Waals surface area (Å²) in [5, 5.41) is 8.74. The Bertz CT molecular complexity index is 594. The number of aromatic nitrogens is 3. The SMILES string of the molecule is CC(C)c1nnc(-c2ccccc2)c(N2CCOCC2)n1. The van der Waals surface area contributed by atoms with E-state index in [1.165, 1.54) is 0 Å². The van der Waals surface area contributed by atoms with E-state index in [1.54, 1.807) is 0 Å². The van der Waals surface area contributed by atoms with Crippen molar-refractivity contribution >= 4 is 5.82 Å². The van der Waals surface area contributed by atoms with Crippen LogP contribution in [0.4, 0.5) is 5.82 Å². The largest absolute Gasteiger partial charge is 0.378 e. The van der Waals surface area contributed by atoms with Crippen LogP contribution < -0.4 is 4.90 Å². The van der Waals surface area contributed by atoms with Crippen LogP contribution in [0.15, 0.2) is 30.3 Å². The molecule has 1 aliphatic heterocycles. The normalized spacial score (nSPS) is 15.5. The number of ether oxygens (including phenoxy) is 1. The molecule has 0 unspecified atom stereocenters. The molecule has 21 heavy (non-hydrogen) atoms. The third kappa shape index (κ3) is 3.03. The Morgan fingerprint density at radius 3 is 2.43 bits per heavy atom. The van der Waals surface area contributed by atoms with Gasteiger partial charge < -0.3 is 9.64 Å². The molecule has 0 aliphatic carbocycles. The van der Waals surface area contributed by atoms with E-state index in [2.05, 4.69) is 28.9 Å². The van der Waals surface area contributed by atoms with Crippen LogP contribution in [0.3, 0.4) is 0 Å². The molecule has 3 rings (SSSR count). The Morgan fingerprint density at radius 1 is 1.05 bits per heavy atom. The molecule has 5 heteroatoms. The van der Waals surface area contributed by atoms with E-state index in [0.29, 0.717) is 0 Å². The maximum atomic E-state index is 5.44. The second-order valence-corrected chi connectivity index (χ2v) is 5.46. The van der Waals surface area contributed by atoms with Crippen molar-refractivity contribution in [2.24, 2.45) is 0 Å². The molecule has 2 heterocycles. The summed E-state index contributed by atoms with van der Waals surface area (Å²) in [6.07, 6.45) is 0. The zero-order valence-electron chi connectivity index (χ0n) is 12.5. The highest BCUT2D eigenvalue weighted by molar-refractivity contribution is 5.71. The fourth-order valence-electron chi connectivity index (χ4n) is 2.35. The zero-order valence-corrected chi connectivity index (χ0v) is 12.5. The second-order valence-electron chi connectivity index (χ2n) is 5.46. The highest BCUT2D eigenvalue weighted by Crippen LogP contribution is 2.28. The van der Waals surface area contributed by atoms with E-state index >= 15 is 0 Å². The van der Waals surface area contributed by atoms with Gasteiger partial charge in [0.1, 0.15) is 5.69 Å². The molecule has 2 aromatic rings. The predicted octanol–water partition coefficient (Wildman–Crippen LogP) is 2.50. The minimum absolute atomic E-state index is 0.266.